The van der Waals surface area contributed by atoms with Gasteiger partial charge in [0.05, 0.1) is 9.82 Å². The minimum atomic E-state index is -4.20. The van der Waals surface area contributed by atoms with Gasteiger partial charge in [-0.2, -0.15) is 0 Å². The zero-order chi connectivity index (χ0) is 33.7. The quantitative estimate of drug-likeness (QED) is 0.172. The number of nitrogens with one attached hydrogen (secondary N) is 2. The van der Waals surface area contributed by atoms with Crippen molar-refractivity contribution in [3.05, 3.63) is 100 Å². The molecular formula is C32H39N5O7S2. The molecule has 12 nitrogen and oxygen atoms in total. The van der Waals surface area contributed by atoms with Crippen LogP contribution in [0.15, 0.2) is 88.7 Å². The van der Waals surface area contributed by atoms with Gasteiger partial charge in [0.15, 0.2) is 5.12 Å². The Kier molecular flexibility index (Phi) is 13.7. The zero-order valence-corrected chi connectivity index (χ0v) is 27.7. The number of thioether (sulfide) groups is 1. The Balaban J connectivity index is 1.89. The summed E-state index contributed by atoms with van der Waals surface area (Å²) in [6, 6.07) is 19.0. The molecule has 3 aromatic rings. The highest BCUT2D eigenvalue weighted by Crippen LogP contribution is 2.30. The number of nitro benzene ring substituents is 1. The van der Waals surface area contributed by atoms with Gasteiger partial charge in [0, 0.05) is 51.3 Å². The van der Waals surface area contributed by atoms with Gasteiger partial charge in [0.1, 0.15) is 10.9 Å². The van der Waals surface area contributed by atoms with Crippen LogP contribution >= 0.6 is 11.8 Å². The van der Waals surface area contributed by atoms with Crippen molar-refractivity contribution in [1.82, 2.24) is 20.4 Å². The summed E-state index contributed by atoms with van der Waals surface area (Å²) in [4.78, 5) is 52.6. The fraction of sp³-hybridized carbons (Fsp3) is 0.344. The number of nitro groups is 1. The number of hydrogen-bond acceptors (Lipinski definition) is 9. The van der Waals surface area contributed by atoms with Crippen LogP contribution in [-0.2, 0) is 32.3 Å². The Morgan fingerprint density at radius 1 is 0.913 bits per heavy atom. The fourth-order valence-corrected chi connectivity index (χ4v) is 6.55. The number of sulfone groups is 1. The summed E-state index contributed by atoms with van der Waals surface area (Å²) in [5.74, 6) is -0.138. The summed E-state index contributed by atoms with van der Waals surface area (Å²) < 4.78 is 26.5. The lowest BCUT2D eigenvalue weighted by Gasteiger charge is -2.26. The van der Waals surface area contributed by atoms with E-state index < -0.39 is 43.3 Å². The molecule has 0 heterocycles. The van der Waals surface area contributed by atoms with Crippen LogP contribution in [0.1, 0.15) is 18.1 Å². The van der Waals surface area contributed by atoms with E-state index in [2.05, 4.69) is 10.6 Å². The van der Waals surface area contributed by atoms with Crippen LogP contribution in [-0.4, -0.2) is 92.3 Å². The Bertz CT molecular complexity index is 1600. The number of hydrogen-bond donors (Lipinski definition) is 2. The van der Waals surface area contributed by atoms with E-state index in [1.165, 1.54) is 42.2 Å². The van der Waals surface area contributed by atoms with Crippen molar-refractivity contribution in [2.45, 2.75) is 35.6 Å². The van der Waals surface area contributed by atoms with Crippen LogP contribution in [0.25, 0.3) is 0 Å². The fourth-order valence-electron chi connectivity index (χ4n) is 4.52. The molecule has 3 rings (SSSR count). The van der Waals surface area contributed by atoms with Crippen molar-refractivity contribution in [2.75, 3.05) is 46.0 Å². The molecule has 0 aromatic heterocycles. The summed E-state index contributed by atoms with van der Waals surface area (Å²) in [6.07, 6.45) is 0.406. The van der Waals surface area contributed by atoms with Crippen molar-refractivity contribution in [3.8, 4) is 0 Å². The van der Waals surface area contributed by atoms with E-state index in [0.29, 0.717) is 31.8 Å². The number of likely N-dealkylation sites (N-methyl/N-ethyl adjacent to an activating group) is 1. The third-order valence-corrected chi connectivity index (χ3v) is 9.55. The van der Waals surface area contributed by atoms with Crippen LogP contribution < -0.4 is 10.6 Å². The van der Waals surface area contributed by atoms with Gasteiger partial charge >= 0.3 is 6.03 Å². The van der Waals surface area contributed by atoms with Gasteiger partial charge < -0.3 is 20.4 Å². The average Bonchev–Trinajstić information content (AvgIpc) is 3.02. The third kappa shape index (κ3) is 11.0. The van der Waals surface area contributed by atoms with Gasteiger partial charge in [0.25, 0.3) is 5.69 Å². The second-order valence-electron chi connectivity index (χ2n) is 10.7. The summed E-state index contributed by atoms with van der Waals surface area (Å²) in [5.41, 5.74) is 0.662. The molecule has 0 aliphatic heterocycles. The van der Waals surface area contributed by atoms with Crippen molar-refractivity contribution in [1.29, 1.82) is 0 Å². The maximum absolute atomic E-state index is 13.6. The predicted octanol–water partition coefficient (Wildman–Crippen LogP) is 3.55. The van der Waals surface area contributed by atoms with Gasteiger partial charge in [0.2, 0.25) is 15.7 Å². The first-order valence-electron chi connectivity index (χ1n) is 14.6. The maximum atomic E-state index is 13.6. The standard InChI is InChI=1S/C32H39N5O7S2/c1-24(38)45-21-20-36(18-16-25-10-6-4-7-11-25)32(40)34-28(31(39)33-17-19-35(2)3)22-26-14-15-30(29(23-26)37(41)42)46(43,44)27-12-8-5-9-13-27/h4-15,23,28H,16-22H2,1-3H3,(H,33,39)(H,34,40)/t28-/m0/s1. The lowest BCUT2D eigenvalue weighted by molar-refractivity contribution is -0.387. The molecular weight excluding hydrogens is 631 g/mol. The number of amides is 3. The van der Waals surface area contributed by atoms with E-state index in [4.69, 9.17) is 0 Å². The number of nitrogens with zero attached hydrogens (tertiary/aromatic N) is 3. The second-order valence-corrected chi connectivity index (χ2v) is 13.9. The highest BCUT2D eigenvalue weighted by Gasteiger charge is 2.30. The van der Waals surface area contributed by atoms with Gasteiger partial charge in [-0.05, 0) is 49.8 Å². The van der Waals surface area contributed by atoms with Crippen LogP contribution in [0.3, 0.4) is 0 Å². The van der Waals surface area contributed by atoms with E-state index in [1.54, 1.807) is 6.07 Å². The molecule has 0 aliphatic rings. The minimum Gasteiger partial charge on any atom is -0.353 e. The molecule has 2 N–H and O–H groups in total. The Morgan fingerprint density at radius 2 is 1.57 bits per heavy atom. The van der Waals surface area contributed by atoms with Crippen LogP contribution in [0.4, 0.5) is 10.5 Å². The number of benzene rings is 3. The van der Waals surface area contributed by atoms with E-state index in [1.807, 2.05) is 49.3 Å². The topological polar surface area (TPSA) is 159 Å². The molecule has 0 bridgehead atoms. The summed E-state index contributed by atoms with van der Waals surface area (Å²) >= 11 is 1.09. The van der Waals surface area contributed by atoms with E-state index in [0.717, 1.165) is 29.5 Å². The molecule has 0 spiro atoms. The minimum absolute atomic E-state index is 0.0825. The van der Waals surface area contributed by atoms with Crippen molar-refractivity contribution in [2.24, 2.45) is 0 Å². The largest absolute Gasteiger partial charge is 0.353 e. The number of carbonyl (C=O) groups is 3. The van der Waals surface area contributed by atoms with Gasteiger partial charge in [-0.1, -0.05) is 66.4 Å². The van der Waals surface area contributed by atoms with E-state index in [-0.39, 0.29) is 28.5 Å². The SMILES string of the molecule is CC(=O)SCCN(CCc1ccccc1)C(=O)N[C@@H](Cc1ccc(S(=O)(=O)c2ccccc2)c([N+](=O)[O-])c1)C(=O)NCCN(C)C. The molecule has 246 valence electrons. The lowest BCUT2D eigenvalue weighted by atomic mass is 10.0. The van der Waals surface area contributed by atoms with Crippen LogP contribution in [0, 0.1) is 10.1 Å². The molecule has 0 saturated carbocycles. The lowest BCUT2D eigenvalue weighted by Crippen LogP contribution is -2.53. The molecule has 0 fully saturated rings. The van der Waals surface area contributed by atoms with Gasteiger partial charge in [-0.15, -0.1) is 0 Å². The average molecular weight is 670 g/mol. The summed E-state index contributed by atoms with van der Waals surface area (Å²) in [6.45, 7) is 2.84. The molecule has 3 amide bonds. The molecule has 46 heavy (non-hydrogen) atoms. The molecule has 0 radical (unpaired) electrons. The maximum Gasteiger partial charge on any atom is 0.318 e. The highest BCUT2D eigenvalue weighted by atomic mass is 32.2. The first kappa shape index (κ1) is 36.2. The molecule has 3 aromatic carbocycles. The van der Waals surface area contributed by atoms with Crippen molar-refractivity contribution < 1.29 is 27.7 Å². The zero-order valence-electron chi connectivity index (χ0n) is 26.0. The normalized spacial score (nSPS) is 11.9. The first-order chi connectivity index (χ1) is 21.9. The Labute approximate surface area is 273 Å². The second kappa shape index (κ2) is 17.4. The molecule has 0 saturated heterocycles. The smallest absolute Gasteiger partial charge is 0.318 e. The highest BCUT2D eigenvalue weighted by molar-refractivity contribution is 8.13. The predicted molar refractivity (Wildman–Crippen MR) is 177 cm³/mol. The number of carbonyl (C=O) groups excluding carboxylic acids is 3. The Hall–Kier alpha value is -4.27. The van der Waals surface area contributed by atoms with E-state index >= 15 is 0 Å². The molecule has 0 unspecified atom stereocenters. The first-order valence-corrected chi connectivity index (χ1v) is 17.1. The van der Waals surface area contributed by atoms with Gasteiger partial charge in [-0.3, -0.25) is 19.7 Å². The molecule has 0 aliphatic carbocycles. The third-order valence-electron chi connectivity index (χ3n) is 6.94. The van der Waals surface area contributed by atoms with E-state index in [9.17, 15) is 32.9 Å². The monoisotopic (exact) mass is 669 g/mol. The van der Waals surface area contributed by atoms with Gasteiger partial charge in [-0.25, -0.2) is 13.2 Å². The van der Waals surface area contributed by atoms with Crippen LogP contribution in [0.2, 0.25) is 0 Å². The summed E-state index contributed by atoms with van der Waals surface area (Å²) in [5, 5.41) is 17.5. The molecule has 1 atom stereocenters. The Morgan fingerprint density at radius 3 is 2.17 bits per heavy atom. The summed E-state index contributed by atoms with van der Waals surface area (Å²) in [7, 11) is -0.506. The number of rotatable bonds is 16. The number of urea groups is 1. The van der Waals surface area contributed by atoms with Crippen molar-refractivity contribution >= 4 is 44.3 Å². The molecule has 14 heteroatoms. The van der Waals surface area contributed by atoms with Crippen molar-refractivity contribution in [3.63, 3.8) is 0 Å². The van der Waals surface area contributed by atoms with Crippen LogP contribution in [0.5, 0.6) is 0 Å².